The second kappa shape index (κ2) is 9.39. The minimum absolute atomic E-state index is 0.00553. The number of benzene rings is 2. The fourth-order valence-corrected chi connectivity index (χ4v) is 6.77. The SMILES string of the molecule is COc1cc([C@@H]2c3cc4c(cc3[C@](O)([C@@H](O)C3CC=CCC3)[C@H]3COC(=O)[C@H]23)OCO4)cc(OC)c1OC. The van der Waals surface area contributed by atoms with Crippen LogP contribution in [-0.4, -0.2) is 57.0 Å². The van der Waals surface area contributed by atoms with Gasteiger partial charge >= 0.3 is 5.97 Å². The summed E-state index contributed by atoms with van der Waals surface area (Å²) in [4.78, 5) is 13.4. The molecule has 2 aliphatic heterocycles. The molecule has 0 amide bonds. The second-order valence-corrected chi connectivity index (χ2v) is 10.3. The number of cyclic esters (lactones) is 1. The largest absolute Gasteiger partial charge is 0.493 e. The van der Waals surface area contributed by atoms with Crippen molar-refractivity contribution in [2.24, 2.45) is 17.8 Å². The predicted octanol–water partition coefficient (Wildman–Crippen LogP) is 3.28. The highest BCUT2D eigenvalue weighted by Crippen LogP contribution is 2.59. The molecule has 1 fully saturated rings. The molecule has 2 aromatic rings. The van der Waals surface area contributed by atoms with Crippen LogP contribution in [0.3, 0.4) is 0 Å². The molecule has 2 aromatic carbocycles. The van der Waals surface area contributed by atoms with E-state index in [0.717, 1.165) is 18.4 Å². The molecule has 202 valence electrons. The van der Waals surface area contributed by atoms with Gasteiger partial charge in [0, 0.05) is 11.8 Å². The zero-order chi connectivity index (χ0) is 26.6. The van der Waals surface area contributed by atoms with Gasteiger partial charge in [-0.05, 0) is 66.1 Å². The van der Waals surface area contributed by atoms with E-state index < -0.39 is 35.4 Å². The number of esters is 1. The fourth-order valence-electron chi connectivity index (χ4n) is 6.77. The Morgan fingerprint density at radius 2 is 1.68 bits per heavy atom. The van der Waals surface area contributed by atoms with E-state index in [1.807, 2.05) is 24.3 Å². The number of ether oxygens (including phenoxy) is 6. The summed E-state index contributed by atoms with van der Waals surface area (Å²) in [6, 6.07) is 7.20. The van der Waals surface area contributed by atoms with E-state index in [9.17, 15) is 15.0 Å². The molecule has 2 heterocycles. The molecule has 6 rings (SSSR count). The third-order valence-electron chi connectivity index (χ3n) is 8.60. The maximum absolute atomic E-state index is 13.4. The van der Waals surface area contributed by atoms with E-state index in [1.54, 1.807) is 6.07 Å². The van der Waals surface area contributed by atoms with Crippen LogP contribution in [-0.2, 0) is 15.1 Å². The molecule has 2 N–H and O–H groups in total. The number of aliphatic hydroxyl groups excluding tert-OH is 1. The summed E-state index contributed by atoms with van der Waals surface area (Å²) in [6.07, 6.45) is 5.22. The Bertz CT molecular complexity index is 1260. The minimum Gasteiger partial charge on any atom is -0.493 e. The third-order valence-corrected chi connectivity index (χ3v) is 8.60. The van der Waals surface area contributed by atoms with E-state index in [1.165, 1.54) is 21.3 Å². The first-order valence-corrected chi connectivity index (χ1v) is 12.9. The van der Waals surface area contributed by atoms with Gasteiger partial charge in [-0.2, -0.15) is 0 Å². The van der Waals surface area contributed by atoms with Gasteiger partial charge in [-0.25, -0.2) is 0 Å². The standard InChI is InChI=1S/C29H32O9/c1-33-22-9-16(10-23(34-2)26(22)35-3)24-17-11-20-21(38-14-37-20)12-18(17)29(32,19-13-36-28(31)25(19)24)27(30)15-7-5-4-6-8-15/h4-5,9-12,15,19,24-25,27,30,32H,6-8,13-14H2,1-3H3/t15?,19-,24+,25-,27-,29+/m0/s1. The van der Waals surface area contributed by atoms with Crippen LogP contribution in [0.15, 0.2) is 36.4 Å². The Kier molecular flexibility index (Phi) is 6.15. The average Bonchev–Trinajstić information content (AvgIpc) is 3.58. The van der Waals surface area contributed by atoms with Crippen molar-refractivity contribution in [1.29, 1.82) is 0 Å². The lowest BCUT2D eigenvalue weighted by atomic mass is 9.57. The van der Waals surface area contributed by atoms with Crippen molar-refractivity contribution in [3.63, 3.8) is 0 Å². The summed E-state index contributed by atoms with van der Waals surface area (Å²) in [5, 5.41) is 24.3. The monoisotopic (exact) mass is 524 g/mol. The van der Waals surface area contributed by atoms with Gasteiger partial charge in [0.05, 0.1) is 40.0 Å². The van der Waals surface area contributed by atoms with Gasteiger partial charge in [-0.3, -0.25) is 4.79 Å². The van der Waals surface area contributed by atoms with Gasteiger partial charge in [-0.15, -0.1) is 0 Å². The highest BCUT2D eigenvalue weighted by molar-refractivity contribution is 5.79. The Labute approximate surface area is 220 Å². The first-order chi connectivity index (χ1) is 18.4. The number of rotatable bonds is 6. The molecule has 38 heavy (non-hydrogen) atoms. The minimum atomic E-state index is -1.74. The van der Waals surface area contributed by atoms with Crippen molar-refractivity contribution in [3.8, 4) is 28.7 Å². The molecule has 2 aliphatic carbocycles. The molecule has 9 heteroatoms. The highest BCUT2D eigenvalue weighted by atomic mass is 16.7. The molecule has 1 unspecified atom stereocenters. The van der Waals surface area contributed by atoms with Crippen LogP contribution in [0.5, 0.6) is 28.7 Å². The third kappa shape index (κ3) is 3.55. The van der Waals surface area contributed by atoms with Gasteiger partial charge in [0.15, 0.2) is 23.0 Å². The number of hydrogen-bond acceptors (Lipinski definition) is 9. The van der Waals surface area contributed by atoms with E-state index in [2.05, 4.69) is 6.08 Å². The number of hydrogen-bond donors (Lipinski definition) is 2. The van der Waals surface area contributed by atoms with Gasteiger partial charge < -0.3 is 38.6 Å². The van der Waals surface area contributed by atoms with Crippen molar-refractivity contribution in [1.82, 2.24) is 0 Å². The first kappa shape index (κ1) is 24.9. The quantitative estimate of drug-likeness (QED) is 0.434. The number of aliphatic hydroxyl groups is 2. The van der Waals surface area contributed by atoms with Gasteiger partial charge in [-0.1, -0.05) is 12.2 Å². The molecule has 0 radical (unpaired) electrons. The van der Waals surface area contributed by atoms with Crippen molar-refractivity contribution in [2.75, 3.05) is 34.7 Å². The maximum Gasteiger partial charge on any atom is 0.310 e. The van der Waals surface area contributed by atoms with Gasteiger partial charge in [0.1, 0.15) is 5.60 Å². The normalized spacial score (nSPS) is 29.8. The lowest BCUT2D eigenvalue weighted by molar-refractivity contribution is -0.159. The fraction of sp³-hybridized carbons (Fsp3) is 0.483. The summed E-state index contributed by atoms with van der Waals surface area (Å²) < 4.78 is 33.7. The second-order valence-electron chi connectivity index (χ2n) is 10.3. The van der Waals surface area contributed by atoms with Crippen molar-refractivity contribution >= 4 is 5.97 Å². The van der Waals surface area contributed by atoms with Crippen molar-refractivity contribution < 1.29 is 43.4 Å². The lowest BCUT2D eigenvalue weighted by Crippen LogP contribution is -2.56. The molecule has 1 saturated heterocycles. The summed E-state index contributed by atoms with van der Waals surface area (Å²) in [6.45, 7) is 0.0464. The van der Waals surface area contributed by atoms with Crippen molar-refractivity contribution in [3.05, 3.63) is 53.1 Å². The number of carbonyl (C=O) groups excluding carboxylic acids is 1. The molecule has 0 aromatic heterocycles. The van der Waals surface area contributed by atoms with Crippen LogP contribution in [0.25, 0.3) is 0 Å². The lowest BCUT2D eigenvalue weighted by Gasteiger charge is -2.49. The van der Waals surface area contributed by atoms with Gasteiger partial charge in [0.25, 0.3) is 0 Å². The predicted molar refractivity (Wildman–Crippen MR) is 135 cm³/mol. The zero-order valence-corrected chi connectivity index (χ0v) is 21.6. The Morgan fingerprint density at radius 3 is 2.32 bits per heavy atom. The summed E-state index contributed by atoms with van der Waals surface area (Å²) in [5.41, 5.74) is 0.171. The molecule has 0 bridgehead atoms. The van der Waals surface area contributed by atoms with Crippen LogP contribution in [0.1, 0.15) is 41.9 Å². The van der Waals surface area contributed by atoms with Crippen LogP contribution in [0, 0.1) is 17.8 Å². The van der Waals surface area contributed by atoms with E-state index >= 15 is 0 Å². The molecule has 0 spiro atoms. The molecule has 4 aliphatic rings. The molecule has 0 saturated carbocycles. The van der Waals surface area contributed by atoms with E-state index in [4.69, 9.17) is 28.4 Å². The Hall–Kier alpha value is -3.43. The molecule has 9 nitrogen and oxygen atoms in total. The van der Waals surface area contributed by atoms with E-state index in [-0.39, 0.29) is 19.3 Å². The maximum atomic E-state index is 13.4. The number of fused-ring (bicyclic) bond motifs is 3. The molecule has 6 atom stereocenters. The van der Waals surface area contributed by atoms with Crippen molar-refractivity contribution in [2.45, 2.75) is 36.9 Å². The van der Waals surface area contributed by atoms with Crippen LogP contribution >= 0.6 is 0 Å². The topological polar surface area (TPSA) is 113 Å². The summed E-state index contributed by atoms with van der Waals surface area (Å²) in [5.74, 6) is -0.242. The van der Waals surface area contributed by atoms with E-state index in [0.29, 0.717) is 46.3 Å². The van der Waals surface area contributed by atoms with Crippen LogP contribution in [0.2, 0.25) is 0 Å². The smallest absolute Gasteiger partial charge is 0.310 e. The number of carbonyl (C=O) groups is 1. The summed E-state index contributed by atoms with van der Waals surface area (Å²) in [7, 11) is 4.60. The van der Waals surface area contributed by atoms with Crippen LogP contribution < -0.4 is 23.7 Å². The molecular formula is C29H32O9. The Morgan fingerprint density at radius 1 is 0.974 bits per heavy atom. The summed E-state index contributed by atoms with van der Waals surface area (Å²) >= 11 is 0. The Balaban J connectivity index is 1.59. The average molecular weight is 525 g/mol. The molecular weight excluding hydrogens is 492 g/mol. The zero-order valence-electron chi connectivity index (χ0n) is 21.6. The van der Waals surface area contributed by atoms with Crippen LogP contribution in [0.4, 0.5) is 0 Å². The number of allylic oxidation sites excluding steroid dienone is 2. The van der Waals surface area contributed by atoms with Gasteiger partial charge in [0.2, 0.25) is 12.5 Å². The first-order valence-electron chi connectivity index (χ1n) is 12.9. The highest BCUT2D eigenvalue weighted by Gasteiger charge is 2.62. The number of methoxy groups -OCH3 is 3.